The quantitative estimate of drug-likeness (QED) is 0.494. The average molecular weight is 377 g/mol. The van der Waals surface area contributed by atoms with Crippen molar-refractivity contribution in [2.24, 2.45) is 0 Å². The monoisotopic (exact) mass is 377 g/mol. The number of rotatable bonds is 7. The topological polar surface area (TPSA) is 78.0 Å². The third kappa shape index (κ3) is 3.48. The third-order valence-electron chi connectivity index (χ3n) is 4.70. The molecule has 0 saturated heterocycles. The Morgan fingerprint density at radius 2 is 2.00 bits per heavy atom. The first kappa shape index (κ1) is 18.2. The van der Waals surface area contributed by atoms with Crippen molar-refractivity contribution in [2.75, 3.05) is 25.6 Å². The van der Waals surface area contributed by atoms with Crippen molar-refractivity contribution in [3.63, 3.8) is 0 Å². The molecular weight excluding hydrogens is 354 g/mol. The molecule has 0 radical (unpaired) electrons. The average Bonchev–Trinajstić information content (AvgIpc) is 3.22. The molecule has 0 atom stereocenters. The number of imidazole rings is 1. The lowest BCUT2D eigenvalue weighted by Gasteiger charge is -2.11. The van der Waals surface area contributed by atoms with Gasteiger partial charge in [0.1, 0.15) is 5.76 Å². The molecule has 1 aromatic carbocycles. The fraction of sp³-hybridized carbons (Fsp3) is 0.286. The fourth-order valence-corrected chi connectivity index (χ4v) is 3.36. The van der Waals surface area contributed by atoms with Crippen molar-refractivity contribution in [3.05, 3.63) is 59.6 Å². The van der Waals surface area contributed by atoms with Crippen molar-refractivity contribution in [1.82, 2.24) is 19.7 Å². The number of nitrogens with zero attached hydrogens (tertiary/aromatic N) is 4. The SMILES string of the molecule is COCCNc1nc2ncc(-c3c(C)noc3C)cc2n1Cc1ccccc1. The zero-order valence-corrected chi connectivity index (χ0v) is 16.3. The minimum atomic E-state index is 0.603. The van der Waals surface area contributed by atoms with Crippen molar-refractivity contribution in [3.8, 4) is 11.1 Å². The molecule has 0 bridgehead atoms. The van der Waals surface area contributed by atoms with Gasteiger partial charge in [-0.05, 0) is 25.5 Å². The minimum absolute atomic E-state index is 0.603. The van der Waals surface area contributed by atoms with E-state index in [2.05, 4.69) is 38.2 Å². The number of anilines is 1. The number of aryl methyl sites for hydroxylation is 2. The summed E-state index contributed by atoms with van der Waals surface area (Å²) < 4.78 is 12.6. The maximum absolute atomic E-state index is 5.33. The summed E-state index contributed by atoms with van der Waals surface area (Å²) in [6.45, 7) is 5.82. The van der Waals surface area contributed by atoms with Gasteiger partial charge in [-0.15, -0.1) is 0 Å². The van der Waals surface area contributed by atoms with Crippen LogP contribution in [0.25, 0.3) is 22.3 Å². The van der Waals surface area contributed by atoms with Crippen LogP contribution in [0.15, 0.2) is 47.1 Å². The highest BCUT2D eigenvalue weighted by atomic mass is 16.5. The van der Waals surface area contributed by atoms with Crippen molar-refractivity contribution < 1.29 is 9.26 Å². The summed E-state index contributed by atoms with van der Waals surface area (Å²) in [5.41, 5.74) is 5.66. The number of pyridine rings is 1. The van der Waals surface area contributed by atoms with E-state index in [0.29, 0.717) is 25.3 Å². The van der Waals surface area contributed by atoms with Crippen LogP contribution in [0.4, 0.5) is 5.95 Å². The Balaban J connectivity index is 1.81. The van der Waals surface area contributed by atoms with Crippen LogP contribution in [0.3, 0.4) is 0 Å². The second-order valence-corrected chi connectivity index (χ2v) is 6.69. The second-order valence-electron chi connectivity index (χ2n) is 6.69. The molecule has 7 heteroatoms. The normalized spacial score (nSPS) is 11.2. The van der Waals surface area contributed by atoms with Crippen molar-refractivity contribution in [2.45, 2.75) is 20.4 Å². The summed E-state index contributed by atoms with van der Waals surface area (Å²) in [5.74, 6) is 1.56. The maximum Gasteiger partial charge on any atom is 0.205 e. The standard InChI is InChI=1S/C21H23N5O2/c1-14-19(15(2)28-25-14)17-11-18-20(23-12-17)24-21(22-9-10-27-3)26(18)13-16-7-5-4-6-8-16/h4-8,11-12H,9-10,13H2,1-3H3,(H,22,23,24). The van der Waals surface area contributed by atoms with Crippen LogP contribution in [0, 0.1) is 13.8 Å². The van der Waals surface area contributed by atoms with E-state index in [9.17, 15) is 0 Å². The highest BCUT2D eigenvalue weighted by Gasteiger charge is 2.17. The fourth-order valence-electron chi connectivity index (χ4n) is 3.36. The van der Waals surface area contributed by atoms with Gasteiger partial charge >= 0.3 is 0 Å². The molecule has 28 heavy (non-hydrogen) atoms. The van der Waals surface area contributed by atoms with E-state index in [1.165, 1.54) is 5.56 Å². The van der Waals surface area contributed by atoms with Gasteiger partial charge in [0, 0.05) is 31.0 Å². The lowest BCUT2D eigenvalue weighted by Crippen LogP contribution is -2.13. The van der Waals surface area contributed by atoms with Crippen molar-refractivity contribution in [1.29, 1.82) is 0 Å². The number of ether oxygens (including phenoxy) is 1. The molecule has 4 rings (SSSR count). The Morgan fingerprint density at radius 3 is 2.71 bits per heavy atom. The van der Waals surface area contributed by atoms with Crippen LogP contribution in [-0.2, 0) is 11.3 Å². The Bertz CT molecular complexity index is 1070. The molecular formula is C21H23N5O2. The first-order chi connectivity index (χ1) is 13.7. The number of benzene rings is 1. The van der Waals surface area contributed by atoms with Crippen LogP contribution in [0.2, 0.25) is 0 Å². The molecule has 4 aromatic rings. The van der Waals surface area contributed by atoms with Crippen LogP contribution < -0.4 is 5.32 Å². The summed E-state index contributed by atoms with van der Waals surface area (Å²) in [4.78, 5) is 9.29. The molecule has 7 nitrogen and oxygen atoms in total. The summed E-state index contributed by atoms with van der Waals surface area (Å²) in [7, 11) is 1.69. The molecule has 144 valence electrons. The number of aromatic nitrogens is 4. The molecule has 0 amide bonds. The molecule has 0 saturated carbocycles. The Kier molecular flexibility index (Phi) is 5.08. The lowest BCUT2D eigenvalue weighted by atomic mass is 10.1. The Morgan fingerprint density at radius 1 is 1.18 bits per heavy atom. The van der Waals surface area contributed by atoms with Gasteiger partial charge in [0.05, 0.1) is 24.4 Å². The molecule has 0 unspecified atom stereocenters. The van der Waals surface area contributed by atoms with Gasteiger partial charge in [-0.25, -0.2) is 4.98 Å². The first-order valence-electron chi connectivity index (χ1n) is 9.23. The smallest absolute Gasteiger partial charge is 0.205 e. The number of hydrogen-bond acceptors (Lipinski definition) is 6. The molecule has 0 aliphatic rings. The summed E-state index contributed by atoms with van der Waals surface area (Å²) >= 11 is 0. The molecule has 0 aliphatic carbocycles. The van der Waals surface area contributed by atoms with Crippen LogP contribution in [0.1, 0.15) is 17.0 Å². The molecule has 0 spiro atoms. The van der Waals surface area contributed by atoms with E-state index in [-0.39, 0.29) is 0 Å². The lowest BCUT2D eigenvalue weighted by molar-refractivity contribution is 0.210. The van der Waals surface area contributed by atoms with E-state index in [4.69, 9.17) is 14.2 Å². The number of nitrogens with one attached hydrogen (secondary N) is 1. The van der Waals surface area contributed by atoms with Gasteiger partial charge < -0.3 is 19.1 Å². The molecule has 3 aromatic heterocycles. The summed E-state index contributed by atoms with van der Waals surface area (Å²) in [5, 5.41) is 7.42. The summed E-state index contributed by atoms with van der Waals surface area (Å²) in [6.07, 6.45) is 1.83. The zero-order chi connectivity index (χ0) is 19.5. The number of fused-ring (bicyclic) bond motifs is 1. The highest BCUT2D eigenvalue weighted by Crippen LogP contribution is 2.30. The van der Waals surface area contributed by atoms with Crippen LogP contribution in [0.5, 0.6) is 0 Å². The molecule has 0 fully saturated rings. The van der Waals surface area contributed by atoms with Gasteiger partial charge in [0.15, 0.2) is 5.65 Å². The first-order valence-corrected chi connectivity index (χ1v) is 9.23. The zero-order valence-electron chi connectivity index (χ0n) is 16.3. The molecule has 1 N–H and O–H groups in total. The minimum Gasteiger partial charge on any atom is -0.383 e. The largest absolute Gasteiger partial charge is 0.383 e. The Hall–Kier alpha value is -3.19. The highest BCUT2D eigenvalue weighted by molar-refractivity contribution is 5.81. The van der Waals surface area contributed by atoms with Gasteiger partial charge in [-0.1, -0.05) is 35.5 Å². The second kappa shape index (κ2) is 7.82. The summed E-state index contributed by atoms with van der Waals surface area (Å²) in [6, 6.07) is 12.4. The third-order valence-corrected chi connectivity index (χ3v) is 4.70. The molecule has 3 heterocycles. The van der Waals surface area contributed by atoms with Gasteiger partial charge in [0.2, 0.25) is 5.95 Å². The van der Waals surface area contributed by atoms with Gasteiger partial charge in [-0.2, -0.15) is 4.98 Å². The van der Waals surface area contributed by atoms with Gasteiger partial charge in [-0.3, -0.25) is 0 Å². The Labute approximate surface area is 163 Å². The number of methoxy groups -OCH3 is 1. The molecule has 0 aliphatic heterocycles. The number of hydrogen-bond donors (Lipinski definition) is 1. The van der Waals surface area contributed by atoms with E-state index >= 15 is 0 Å². The van der Waals surface area contributed by atoms with Crippen LogP contribution in [-0.4, -0.2) is 40.0 Å². The van der Waals surface area contributed by atoms with Crippen molar-refractivity contribution >= 4 is 17.1 Å². The predicted octanol–water partition coefficient (Wildman–Crippen LogP) is 3.81. The van der Waals surface area contributed by atoms with Crippen LogP contribution >= 0.6 is 0 Å². The maximum atomic E-state index is 5.33. The van der Waals surface area contributed by atoms with Gasteiger partial charge in [0.25, 0.3) is 0 Å². The van der Waals surface area contributed by atoms with E-state index in [0.717, 1.165) is 34.0 Å². The van der Waals surface area contributed by atoms with E-state index in [1.807, 2.05) is 38.2 Å². The van der Waals surface area contributed by atoms with E-state index in [1.54, 1.807) is 7.11 Å². The van der Waals surface area contributed by atoms with E-state index < -0.39 is 0 Å². The predicted molar refractivity (Wildman–Crippen MR) is 108 cm³/mol.